The first-order valence-corrected chi connectivity index (χ1v) is 9.50. The molecule has 4 rings (SSSR count). The lowest BCUT2D eigenvalue weighted by Gasteiger charge is -2.41. The summed E-state index contributed by atoms with van der Waals surface area (Å²) in [6, 6.07) is 2.47. The minimum atomic E-state index is 0.240. The van der Waals surface area contributed by atoms with Crippen molar-refractivity contribution in [1.82, 2.24) is 14.9 Å². The summed E-state index contributed by atoms with van der Waals surface area (Å²) >= 11 is 0. The maximum Gasteiger partial charge on any atom is 0.242 e. The molecular weight excluding hydrogens is 318 g/mol. The van der Waals surface area contributed by atoms with Gasteiger partial charge in [0.05, 0.1) is 19.8 Å². The molecule has 25 heavy (non-hydrogen) atoms. The number of nitrogens with zero attached hydrogens (tertiary/aromatic N) is 5. The molecule has 0 spiro atoms. The summed E-state index contributed by atoms with van der Waals surface area (Å²) in [7, 11) is 0. The molecule has 1 amide bonds. The average molecular weight is 345 g/mol. The van der Waals surface area contributed by atoms with Crippen molar-refractivity contribution in [2.24, 2.45) is 0 Å². The molecule has 3 fully saturated rings. The predicted octanol–water partition coefficient (Wildman–Crippen LogP) is 1.29. The second-order valence-electron chi connectivity index (χ2n) is 7.13. The van der Waals surface area contributed by atoms with E-state index in [4.69, 9.17) is 4.74 Å². The number of hydrogen-bond donors (Lipinski definition) is 0. The van der Waals surface area contributed by atoms with Gasteiger partial charge in [0.25, 0.3) is 0 Å². The third kappa shape index (κ3) is 3.71. The molecule has 3 heterocycles. The van der Waals surface area contributed by atoms with Gasteiger partial charge in [-0.15, -0.1) is 0 Å². The van der Waals surface area contributed by atoms with Gasteiger partial charge in [-0.05, 0) is 12.8 Å². The van der Waals surface area contributed by atoms with Crippen molar-refractivity contribution in [3.63, 3.8) is 0 Å². The molecule has 0 radical (unpaired) electrons. The van der Waals surface area contributed by atoms with Crippen LogP contribution in [-0.4, -0.2) is 72.8 Å². The predicted molar refractivity (Wildman–Crippen MR) is 95.9 cm³/mol. The fourth-order valence-electron chi connectivity index (χ4n) is 4.14. The molecular formula is C18H27N5O2. The van der Waals surface area contributed by atoms with Crippen LogP contribution in [0.25, 0.3) is 0 Å². The Morgan fingerprint density at radius 3 is 2.36 bits per heavy atom. The molecule has 136 valence electrons. The Labute approximate surface area is 149 Å². The molecule has 0 unspecified atom stereocenters. The van der Waals surface area contributed by atoms with Crippen LogP contribution in [0.1, 0.15) is 32.1 Å². The van der Waals surface area contributed by atoms with Gasteiger partial charge in [0.1, 0.15) is 18.0 Å². The molecule has 0 N–H and O–H groups in total. The fourth-order valence-corrected chi connectivity index (χ4v) is 4.14. The molecule has 1 aliphatic carbocycles. The molecule has 2 saturated heterocycles. The summed E-state index contributed by atoms with van der Waals surface area (Å²) < 4.78 is 5.41. The van der Waals surface area contributed by atoms with Gasteiger partial charge in [-0.1, -0.05) is 19.3 Å². The van der Waals surface area contributed by atoms with Gasteiger partial charge in [-0.25, -0.2) is 9.97 Å². The topological polar surface area (TPSA) is 61.8 Å². The van der Waals surface area contributed by atoms with Crippen LogP contribution in [0.15, 0.2) is 12.4 Å². The second kappa shape index (κ2) is 7.56. The zero-order valence-corrected chi connectivity index (χ0v) is 14.8. The summed E-state index contributed by atoms with van der Waals surface area (Å²) in [5.74, 6) is 2.02. The van der Waals surface area contributed by atoms with Crippen LogP contribution in [0.3, 0.4) is 0 Å². The number of rotatable bonds is 3. The highest BCUT2D eigenvalue weighted by Crippen LogP contribution is 2.26. The monoisotopic (exact) mass is 345 g/mol. The van der Waals surface area contributed by atoms with Crippen LogP contribution in [0, 0.1) is 0 Å². The third-order valence-electron chi connectivity index (χ3n) is 5.57. The number of morpholine rings is 1. The maximum atomic E-state index is 12.7. The van der Waals surface area contributed by atoms with Gasteiger partial charge < -0.3 is 19.4 Å². The molecule has 1 aromatic rings. The summed E-state index contributed by atoms with van der Waals surface area (Å²) in [4.78, 5) is 27.9. The van der Waals surface area contributed by atoms with Gasteiger partial charge in [-0.2, -0.15) is 0 Å². The Hall–Kier alpha value is -1.89. The lowest BCUT2D eigenvalue weighted by atomic mass is 9.93. The van der Waals surface area contributed by atoms with E-state index in [1.54, 1.807) is 6.33 Å². The average Bonchev–Trinajstić information content (AvgIpc) is 2.69. The Bertz CT molecular complexity index is 599. The number of carbonyl (C=O) groups excluding carboxylic acids is 1. The van der Waals surface area contributed by atoms with Gasteiger partial charge in [0, 0.05) is 38.3 Å². The first-order chi connectivity index (χ1) is 12.3. The van der Waals surface area contributed by atoms with Crippen molar-refractivity contribution >= 4 is 17.5 Å². The van der Waals surface area contributed by atoms with Crippen LogP contribution < -0.4 is 9.80 Å². The largest absolute Gasteiger partial charge is 0.378 e. The van der Waals surface area contributed by atoms with Crippen LogP contribution in [-0.2, 0) is 9.53 Å². The van der Waals surface area contributed by atoms with Crippen molar-refractivity contribution in [3.05, 3.63) is 12.4 Å². The number of amides is 1. The van der Waals surface area contributed by atoms with E-state index >= 15 is 0 Å². The Kier molecular flexibility index (Phi) is 5.01. The van der Waals surface area contributed by atoms with Gasteiger partial charge in [0.2, 0.25) is 5.91 Å². The number of ether oxygens (including phenoxy) is 1. The number of piperazine rings is 1. The first kappa shape index (κ1) is 16.6. The SMILES string of the molecule is O=C1CN(c2cc(N3CCOCC3)ncn2)CCN1C1CCCCC1. The fraction of sp³-hybridized carbons (Fsp3) is 0.722. The Morgan fingerprint density at radius 1 is 0.920 bits per heavy atom. The lowest BCUT2D eigenvalue weighted by molar-refractivity contribution is -0.134. The molecule has 7 nitrogen and oxygen atoms in total. The minimum Gasteiger partial charge on any atom is -0.378 e. The quantitative estimate of drug-likeness (QED) is 0.823. The van der Waals surface area contributed by atoms with Gasteiger partial charge in [0.15, 0.2) is 0 Å². The highest BCUT2D eigenvalue weighted by molar-refractivity contribution is 5.83. The van der Waals surface area contributed by atoms with Crippen LogP contribution >= 0.6 is 0 Å². The highest BCUT2D eigenvalue weighted by Gasteiger charge is 2.31. The van der Waals surface area contributed by atoms with Crippen LogP contribution in [0.2, 0.25) is 0 Å². The third-order valence-corrected chi connectivity index (χ3v) is 5.57. The number of carbonyl (C=O) groups is 1. The van der Waals surface area contributed by atoms with Crippen molar-refractivity contribution < 1.29 is 9.53 Å². The molecule has 1 saturated carbocycles. The first-order valence-electron chi connectivity index (χ1n) is 9.50. The number of anilines is 2. The molecule has 0 atom stereocenters. The van der Waals surface area contributed by atoms with Crippen molar-refractivity contribution in [1.29, 1.82) is 0 Å². The molecule has 0 bridgehead atoms. The van der Waals surface area contributed by atoms with E-state index in [-0.39, 0.29) is 5.91 Å². The lowest BCUT2D eigenvalue weighted by Crippen LogP contribution is -2.54. The van der Waals surface area contributed by atoms with Crippen molar-refractivity contribution in [2.75, 3.05) is 55.7 Å². The van der Waals surface area contributed by atoms with E-state index in [1.165, 1.54) is 32.1 Å². The van der Waals surface area contributed by atoms with Gasteiger partial charge in [-0.3, -0.25) is 4.79 Å². The van der Waals surface area contributed by atoms with Crippen LogP contribution in [0.5, 0.6) is 0 Å². The summed E-state index contributed by atoms with van der Waals surface area (Å²) in [5, 5.41) is 0. The summed E-state index contributed by atoms with van der Waals surface area (Å²) in [6.45, 7) is 5.25. The van der Waals surface area contributed by atoms with E-state index in [2.05, 4.69) is 24.7 Å². The smallest absolute Gasteiger partial charge is 0.242 e. The zero-order chi connectivity index (χ0) is 17.1. The molecule has 2 aliphatic heterocycles. The van der Waals surface area contributed by atoms with E-state index < -0.39 is 0 Å². The normalized spacial score (nSPS) is 23.2. The maximum absolute atomic E-state index is 12.7. The Balaban J connectivity index is 1.42. The molecule has 3 aliphatic rings. The minimum absolute atomic E-state index is 0.240. The highest BCUT2D eigenvalue weighted by atomic mass is 16.5. The number of aromatic nitrogens is 2. The number of hydrogen-bond acceptors (Lipinski definition) is 6. The molecule has 0 aromatic carbocycles. The van der Waals surface area contributed by atoms with Crippen molar-refractivity contribution in [3.8, 4) is 0 Å². The molecule has 7 heteroatoms. The molecule has 1 aromatic heterocycles. The van der Waals surface area contributed by atoms with E-state index in [1.807, 2.05) is 6.07 Å². The Morgan fingerprint density at radius 2 is 1.64 bits per heavy atom. The summed E-state index contributed by atoms with van der Waals surface area (Å²) in [5.41, 5.74) is 0. The van der Waals surface area contributed by atoms with Crippen LogP contribution in [0.4, 0.5) is 11.6 Å². The summed E-state index contributed by atoms with van der Waals surface area (Å²) in [6.07, 6.45) is 7.77. The zero-order valence-electron chi connectivity index (χ0n) is 14.8. The van der Waals surface area contributed by atoms with Gasteiger partial charge >= 0.3 is 0 Å². The van der Waals surface area contributed by atoms with Crippen molar-refractivity contribution in [2.45, 2.75) is 38.1 Å². The van der Waals surface area contributed by atoms with E-state index in [0.29, 0.717) is 12.6 Å². The second-order valence-corrected chi connectivity index (χ2v) is 7.13. The van der Waals surface area contributed by atoms with E-state index in [0.717, 1.165) is 51.0 Å². The van der Waals surface area contributed by atoms with E-state index in [9.17, 15) is 4.79 Å². The standard InChI is InChI=1S/C18H27N5O2/c24-18-13-22(6-7-23(18)15-4-2-1-3-5-15)17-12-16(19-14-20-17)21-8-10-25-11-9-21/h12,14-15H,1-11,13H2.